The molecule has 0 spiro atoms. The number of nitrogens with one attached hydrogen (secondary N) is 3. The molecule has 0 radical (unpaired) electrons. The minimum absolute atomic E-state index is 0.107. The summed E-state index contributed by atoms with van der Waals surface area (Å²) >= 11 is 0. The van der Waals surface area contributed by atoms with Crippen LogP contribution in [0.3, 0.4) is 0 Å². The molecule has 1 heterocycles. The summed E-state index contributed by atoms with van der Waals surface area (Å²) in [6.45, 7) is 4.78. The second-order valence-electron chi connectivity index (χ2n) is 6.79. The molecule has 4 amide bonds. The molecule has 0 bridgehead atoms. The Bertz CT molecular complexity index is 557. The minimum Gasteiger partial charge on any atom is -0.444 e. The van der Waals surface area contributed by atoms with Crippen molar-refractivity contribution < 1.29 is 28.7 Å². The van der Waals surface area contributed by atoms with Crippen molar-refractivity contribution in [3.8, 4) is 0 Å². The molecule has 1 aliphatic rings. The molecule has 0 aromatic rings. The maximum atomic E-state index is 12.2. The number of alkyl carbamates (subject to hydrolysis) is 1. The van der Waals surface area contributed by atoms with Gasteiger partial charge in [-0.15, -0.1) is 0 Å². The molecule has 1 rings (SSSR count). The predicted molar refractivity (Wildman–Crippen MR) is 91.1 cm³/mol. The van der Waals surface area contributed by atoms with Gasteiger partial charge in [0.2, 0.25) is 17.7 Å². The Labute approximate surface area is 152 Å². The third-order valence-electron chi connectivity index (χ3n) is 3.46. The van der Waals surface area contributed by atoms with Gasteiger partial charge in [-0.1, -0.05) is 0 Å². The highest BCUT2D eigenvalue weighted by molar-refractivity contribution is 5.91. The molecule has 0 saturated carbocycles. The molecule has 10 heteroatoms. The summed E-state index contributed by atoms with van der Waals surface area (Å²) in [4.78, 5) is 59.0. The monoisotopic (exact) mass is 370 g/mol. The summed E-state index contributed by atoms with van der Waals surface area (Å²) < 4.78 is 4.99. The third kappa shape index (κ3) is 7.49. The number of carbonyl (C=O) groups excluding carboxylic acids is 5. The van der Waals surface area contributed by atoms with Crippen LogP contribution in [0.4, 0.5) is 4.79 Å². The van der Waals surface area contributed by atoms with E-state index in [9.17, 15) is 24.0 Å². The average molecular weight is 370 g/mol. The van der Waals surface area contributed by atoms with Crippen LogP contribution in [0.25, 0.3) is 0 Å². The molecule has 0 aliphatic carbocycles. The number of ether oxygens (including phenoxy) is 1. The van der Waals surface area contributed by atoms with E-state index in [4.69, 9.17) is 4.74 Å². The van der Waals surface area contributed by atoms with Crippen molar-refractivity contribution in [1.82, 2.24) is 20.9 Å². The van der Waals surface area contributed by atoms with Crippen LogP contribution in [0.15, 0.2) is 0 Å². The SMILES string of the molecule is CC(C)(C)OC(=O)NCC(=O)NCC(=O)N1CCC[C@H]1C(=O)NCC=O. The van der Waals surface area contributed by atoms with Gasteiger partial charge in [-0.25, -0.2) is 4.79 Å². The summed E-state index contributed by atoms with van der Waals surface area (Å²) in [5, 5.41) is 7.10. The van der Waals surface area contributed by atoms with Crippen LogP contribution >= 0.6 is 0 Å². The Morgan fingerprint density at radius 3 is 2.42 bits per heavy atom. The fraction of sp³-hybridized carbons (Fsp3) is 0.688. The van der Waals surface area contributed by atoms with Crippen molar-refractivity contribution in [3.63, 3.8) is 0 Å². The van der Waals surface area contributed by atoms with Gasteiger partial charge in [0.05, 0.1) is 13.1 Å². The fourth-order valence-electron chi connectivity index (χ4n) is 2.40. The van der Waals surface area contributed by atoms with Gasteiger partial charge in [0, 0.05) is 6.54 Å². The minimum atomic E-state index is -0.731. The first-order chi connectivity index (χ1) is 12.1. The largest absolute Gasteiger partial charge is 0.444 e. The molecule has 0 unspecified atom stereocenters. The predicted octanol–water partition coefficient (Wildman–Crippen LogP) is -1.07. The number of carbonyl (C=O) groups is 5. The van der Waals surface area contributed by atoms with E-state index in [2.05, 4.69) is 16.0 Å². The number of hydrogen-bond acceptors (Lipinski definition) is 6. The van der Waals surface area contributed by atoms with Crippen molar-refractivity contribution in [2.24, 2.45) is 0 Å². The van der Waals surface area contributed by atoms with Crippen LogP contribution in [0.1, 0.15) is 33.6 Å². The molecule has 1 fully saturated rings. The number of likely N-dealkylation sites (tertiary alicyclic amines) is 1. The zero-order chi connectivity index (χ0) is 19.7. The highest BCUT2D eigenvalue weighted by Gasteiger charge is 2.33. The Hall–Kier alpha value is -2.65. The second-order valence-corrected chi connectivity index (χ2v) is 6.79. The Balaban J connectivity index is 2.38. The van der Waals surface area contributed by atoms with E-state index in [-0.39, 0.29) is 25.5 Å². The van der Waals surface area contributed by atoms with Gasteiger partial charge < -0.3 is 30.4 Å². The third-order valence-corrected chi connectivity index (χ3v) is 3.46. The lowest BCUT2D eigenvalue weighted by Gasteiger charge is -2.24. The number of amides is 4. The van der Waals surface area contributed by atoms with Crippen LogP contribution in [0, 0.1) is 0 Å². The van der Waals surface area contributed by atoms with Crippen molar-refractivity contribution in [2.75, 3.05) is 26.2 Å². The maximum Gasteiger partial charge on any atom is 0.408 e. The Morgan fingerprint density at radius 2 is 1.81 bits per heavy atom. The number of rotatable bonds is 7. The molecule has 10 nitrogen and oxygen atoms in total. The highest BCUT2D eigenvalue weighted by Crippen LogP contribution is 2.17. The van der Waals surface area contributed by atoms with Crippen LogP contribution in [-0.4, -0.2) is 72.8 Å². The first-order valence-corrected chi connectivity index (χ1v) is 8.38. The van der Waals surface area contributed by atoms with Crippen LogP contribution in [0.2, 0.25) is 0 Å². The van der Waals surface area contributed by atoms with Gasteiger partial charge in [0.1, 0.15) is 24.5 Å². The van der Waals surface area contributed by atoms with Crippen LogP contribution in [-0.2, 0) is 23.9 Å². The van der Waals surface area contributed by atoms with Gasteiger partial charge in [0.15, 0.2) is 0 Å². The summed E-state index contributed by atoms with van der Waals surface area (Å²) in [7, 11) is 0. The molecule has 1 atom stereocenters. The molecular formula is C16H26N4O6. The maximum absolute atomic E-state index is 12.2. The first-order valence-electron chi connectivity index (χ1n) is 8.38. The lowest BCUT2D eigenvalue weighted by atomic mass is 10.2. The molecule has 26 heavy (non-hydrogen) atoms. The molecule has 3 N–H and O–H groups in total. The quantitative estimate of drug-likeness (QED) is 0.489. The zero-order valence-electron chi connectivity index (χ0n) is 15.3. The van der Waals surface area contributed by atoms with Gasteiger partial charge in [0.25, 0.3) is 0 Å². The van der Waals surface area contributed by atoms with Gasteiger partial charge in [-0.2, -0.15) is 0 Å². The number of hydrogen-bond donors (Lipinski definition) is 3. The zero-order valence-corrected chi connectivity index (χ0v) is 15.3. The fourth-order valence-corrected chi connectivity index (χ4v) is 2.40. The van der Waals surface area contributed by atoms with Gasteiger partial charge >= 0.3 is 6.09 Å². The van der Waals surface area contributed by atoms with E-state index in [0.717, 1.165) is 0 Å². The first kappa shape index (κ1) is 21.4. The Morgan fingerprint density at radius 1 is 1.12 bits per heavy atom. The van der Waals surface area contributed by atoms with Crippen molar-refractivity contribution in [3.05, 3.63) is 0 Å². The highest BCUT2D eigenvalue weighted by atomic mass is 16.6. The lowest BCUT2D eigenvalue weighted by Crippen LogP contribution is -2.50. The molecular weight excluding hydrogens is 344 g/mol. The molecule has 1 saturated heterocycles. The van der Waals surface area contributed by atoms with E-state index in [1.54, 1.807) is 20.8 Å². The standard InChI is InChI=1S/C16H26N4O6/c1-16(2,3)26-15(25)19-9-12(22)18-10-13(23)20-7-4-5-11(20)14(24)17-6-8-21/h8,11H,4-7,9-10H2,1-3H3,(H,17,24)(H,18,22)(H,19,25)/t11-/m0/s1. The van der Waals surface area contributed by atoms with Crippen LogP contribution < -0.4 is 16.0 Å². The van der Waals surface area contributed by atoms with Crippen LogP contribution in [0.5, 0.6) is 0 Å². The number of nitrogens with zero attached hydrogens (tertiary/aromatic N) is 1. The average Bonchev–Trinajstić information content (AvgIpc) is 3.03. The second kappa shape index (κ2) is 9.73. The van der Waals surface area contributed by atoms with Gasteiger partial charge in [-0.3, -0.25) is 14.4 Å². The summed E-state index contributed by atoms with van der Waals surface area (Å²) in [5.74, 6) is -1.34. The Kier molecular flexibility index (Phi) is 8.01. The normalized spacial score (nSPS) is 16.6. The molecule has 0 aromatic heterocycles. The van der Waals surface area contributed by atoms with E-state index in [0.29, 0.717) is 25.7 Å². The number of aldehydes is 1. The van der Waals surface area contributed by atoms with E-state index < -0.39 is 29.6 Å². The summed E-state index contributed by atoms with van der Waals surface area (Å²) in [6.07, 6.45) is 1.01. The van der Waals surface area contributed by atoms with Gasteiger partial charge in [-0.05, 0) is 33.6 Å². The van der Waals surface area contributed by atoms with Crippen molar-refractivity contribution >= 4 is 30.1 Å². The van der Waals surface area contributed by atoms with E-state index in [1.165, 1.54) is 4.90 Å². The lowest BCUT2D eigenvalue weighted by molar-refractivity contribution is -0.138. The summed E-state index contributed by atoms with van der Waals surface area (Å²) in [6, 6.07) is -0.640. The van der Waals surface area contributed by atoms with Crippen molar-refractivity contribution in [1.29, 1.82) is 0 Å². The van der Waals surface area contributed by atoms with E-state index in [1.807, 2.05) is 0 Å². The van der Waals surface area contributed by atoms with Crippen molar-refractivity contribution in [2.45, 2.75) is 45.3 Å². The molecule has 146 valence electrons. The molecule has 0 aromatic carbocycles. The smallest absolute Gasteiger partial charge is 0.408 e. The topological polar surface area (TPSA) is 134 Å². The molecule has 1 aliphatic heterocycles. The van der Waals surface area contributed by atoms with E-state index >= 15 is 0 Å². The summed E-state index contributed by atoms with van der Waals surface area (Å²) in [5.41, 5.74) is -0.675.